The fourth-order valence-corrected chi connectivity index (χ4v) is 6.98. The topological polar surface area (TPSA) is 73.8 Å². The Hall–Kier alpha value is -2.95. The largest absolute Gasteiger partial charge is 0.443 e. The molecule has 1 saturated carbocycles. The third kappa shape index (κ3) is 5.94. The summed E-state index contributed by atoms with van der Waals surface area (Å²) in [7, 11) is 0. The van der Waals surface area contributed by atoms with Crippen molar-refractivity contribution in [2.75, 3.05) is 46.2 Å². The monoisotopic (exact) mass is 606 g/mol. The molecular weight excluding hydrogens is 569 g/mol. The van der Waals surface area contributed by atoms with Crippen LogP contribution in [0.5, 0.6) is 0 Å². The molecule has 0 radical (unpaired) electrons. The van der Waals surface area contributed by atoms with Crippen molar-refractivity contribution < 1.29 is 22.7 Å². The fraction of sp³-hybridized carbons (Fsp3) is 0.633. The minimum atomic E-state index is -4.07. The van der Waals surface area contributed by atoms with Gasteiger partial charge in [-0.05, 0) is 77.1 Å². The summed E-state index contributed by atoms with van der Waals surface area (Å²) < 4.78 is 44.4. The van der Waals surface area contributed by atoms with E-state index < -0.39 is 17.7 Å². The van der Waals surface area contributed by atoms with Crippen molar-refractivity contribution in [2.45, 2.75) is 89.1 Å². The van der Waals surface area contributed by atoms with Gasteiger partial charge in [-0.3, -0.25) is 4.90 Å². The Morgan fingerprint density at radius 3 is 2.48 bits per heavy atom. The van der Waals surface area contributed by atoms with Gasteiger partial charge in [0.15, 0.2) is 5.82 Å². The van der Waals surface area contributed by atoms with E-state index in [0.29, 0.717) is 23.4 Å². The van der Waals surface area contributed by atoms with Crippen LogP contribution in [0.2, 0.25) is 5.15 Å². The van der Waals surface area contributed by atoms with E-state index in [4.69, 9.17) is 16.3 Å². The van der Waals surface area contributed by atoms with Gasteiger partial charge in [0.1, 0.15) is 16.6 Å². The van der Waals surface area contributed by atoms with Crippen molar-refractivity contribution in [1.82, 2.24) is 9.97 Å². The molecule has 0 aromatic carbocycles. The van der Waals surface area contributed by atoms with Gasteiger partial charge in [0.05, 0.1) is 23.3 Å². The summed E-state index contributed by atoms with van der Waals surface area (Å²) in [5, 5.41) is 3.82. The number of amides is 1. The number of pyridine rings is 2. The van der Waals surface area contributed by atoms with E-state index >= 15 is 0 Å². The third-order valence-electron chi connectivity index (χ3n) is 8.83. The second-order valence-corrected chi connectivity index (χ2v) is 13.4. The average Bonchev–Trinajstić information content (AvgIpc) is 3.52. The number of alkyl halides is 3. The van der Waals surface area contributed by atoms with Crippen molar-refractivity contribution in [2.24, 2.45) is 5.92 Å². The molecule has 42 heavy (non-hydrogen) atoms. The van der Waals surface area contributed by atoms with Crippen molar-refractivity contribution >= 4 is 40.7 Å². The van der Waals surface area contributed by atoms with E-state index in [1.807, 2.05) is 39.0 Å². The predicted octanol–water partition coefficient (Wildman–Crippen LogP) is 6.99. The Morgan fingerprint density at radius 1 is 0.976 bits per heavy atom. The lowest BCUT2D eigenvalue weighted by Crippen LogP contribution is -2.48. The van der Waals surface area contributed by atoms with Crippen molar-refractivity contribution in [1.29, 1.82) is 0 Å². The van der Waals surface area contributed by atoms with Gasteiger partial charge in [0.2, 0.25) is 0 Å². The van der Waals surface area contributed by atoms with E-state index in [2.05, 4.69) is 25.1 Å². The van der Waals surface area contributed by atoms with E-state index in [0.717, 1.165) is 68.3 Å². The van der Waals surface area contributed by atoms with Crippen LogP contribution in [0.15, 0.2) is 24.3 Å². The number of halogens is 4. The molecule has 1 amide bonds. The molecule has 8 nitrogen and oxygen atoms in total. The molecule has 4 bridgehead atoms. The summed E-state index contributed by atoms with van der Waals surface area (Å²) in [6, 6.07) is 8.19. The molecule has 4 aliphatic heterocycles. The summed E-state index contributed by atoms with van der Waals surface area (Å²) >= 11 is 5.99. The summed E-state index contributed by atoms with van der Waals surface area (Å²) in [5.41, 5.74) is 2.35. The minimum Gasteiger partial charge on any atom is -0.443 e. The number of nitrogens with one attached hydrogen (secondary N) is 1. The highest BCUT2D eigenvalue weighted by atomic mass is 35.5. The Balaban J connectivity index is 0.000000151. The number of anilines is 4. The standard InChI is InChI=1S/C16H20F3N3.C14H18ClN3O2/c17-16(18,19)11-3-1-2-10(8-11)13-4-5-14-15(21-13)20-12-6-7-22(14)9-12;1-14(2,3)20-13(19)18-9-6-7-17(8-9)10-4-5-11(15)16-12(10)18/h4-5,10-12H,1-3,6-9H2,(H,20,21);4-5,9H,6-8H2,1-3H3/t10?,11?,12-;9-/m00/s1. The Labute approximate surface area is 249 Å². The van der Waals surface area contributed by atoms with Gasteiger partial charge in [0.25, 0.3) is 0 Å². The van der Waals surface area contributed by atoms with Crippen LogP contribution in [0, 0.1) is 5.92 Å². The maximum atomic E-state index is 13.0. The number of fused-ring (bicyclic) bond motifs is 8. The SMILES string of the molecule is CC(C)(C)OC(=O)N1c2nc(Cl)ccc2N2CC[C@H]1C2.FC(F)(F)C1CCCC(c2ccc3c(n2)N[C@H]2CCN3C2)C1. The van der Waals surface area contributed by atoms with Crippen molar-refractivity contribution in [3.05, 3.63) is 35.1 Å². The first-order chi connectivity index (χ1) is 19.9. The zero-order valence-corrected chi connectivity index (χ0v) is 25.0. The Morgan fingerprint density at radius 2 is 1.71 bits per heavy atom. The summed E-state index contributed by atoms with van der Waals surface area (Å²) in [6.45, 7) is 9.39. The van der Waals surface area contributed by atoms with Gasteiger partial charge >= 0.3 is 12.3 Å². The zero-order chi connectivity index (χ0) is 29.8. The lowest BCUT2D eigenvalue weighted by molar-refractivity contribution is -0.183. The molecule has 1 N–H and O–H groups in total. The van der Waals surface area contributed by atoms with Gasteiger partial charge < -0.3 is 19.9 Å². The van der Waals surface area contributed by atoms with Gasteiger partial charge in [0, 0.05) is 43.8 Å². The van der Waals surface area contributed by atoms with E-state index in [9.17, 15) is 18.0 Å². The predicted molar refractivity (Wildman–Crippen MR) is 158 cm³/mol. The normalized spacial score (nSPS) is 26.1. The Bertz CT molecular complexity index is 1340. The molecule has 2 aromatic rings. The van der Waals surface area contributed by atoms with Crippen molar-refractivity contribution in [3.8, 4) is 0 Å². The maximum absolute atomic E-state index is 13.0. The molecule has 5 aliphatic rings. The van der Waals surface area contributed by atoms with Gasteiger partial charge in [-0.15, -0.1) is 0 Å². The van der Waals surface area contributed by atoms with Gasteiger partial charge in [-0.1, -0.05) is 18.0 Å². The first kappa shape index (κ1) is 29.1. The number of hydrogen-bond acceptors (Lipinski definition) is 7. The molecule has 0 spiro atoms. The van der Waals surface area contributed by atoms with Crippen molar-refractivity contribution in [3.63, 3.8) is 0 Å². The smallest absolute Gasteiger partial charge is 0.416 e. The number of rotatable bonds is 1. The molecule has 2 saturated heterocycles. The minimum absolute atomic E-state index is 0.0675. The maximum Gasteiger partial charge on any atom is 0.416 e. The quantitative estimate of drug-likeness (QED) is 0.351. The molecule has 2 aromatic heterocycles. The van der Waals surface area contributed by atoms with Crippen LogP contribution >= 0.6 is 11.6 Å². The highest BCUT2D eigenvalue weighted by Crippen LogP contribution is 2.45. The molecule has 228 valence electrons. The van der Waals surface area contributed by atoms with E-state index in [1.165, 1.54) is 0 Å². The zero-order valence-electron chi connectivity index (χ0n) is 24.3. The third-order valence-corrected chi connectivity index (χ3v) is 9.04. The van der Waals surface area contributed by atoms with Crippen LogP contribution in [0.3, 0.4) is 0 Å². The Kier molecular flexibility index (Phi) is 7.60. The number of ether oxygens (including phenoxy) is 1. The number of aromatic nitrogens is 2. The van der Waals surface area contributed by atoms with Crippen LogP contribution in [0.1, 0.15) is 70.9 Å². The average molecular weight is 607 g/mol. The molecule has 4 atom stereocenters. The molecule has 3 fully saturated rings. The lowest BCUT2D eigenvalue weighted by Gasteiger charge is -2.36. The first-order valence-electron chi connectivity index (χ1n) is 14.9. The molecule has 6 heterocycles. The highest BCUT2D eigenvalue weighted by Gasteiger charge is 2.43. The van der Waals surface area contributed by atoms with Gasteiger partial charge in [-0.2, -0.15) is 13.2 Å². The highest BCUT2D eigenvalue weighted by molar-refractivity contribution is 6.29. The van der Waals surface area contributed by atoms with Crippen LogP contribution in [-0.2, 0) is 4.74 Å². The second-order valence-electron chi connectivity index (χ2n) is 13.0. The fourth-order valence-electron chi connectivity index (χ4n) is 6.83. The van der Waals surface area contributed by atoms with Crippen LogP contribution in [-0.4, -0.2) is 66.1 Å². The van der Waals surface area contributed by atoms with Crippen LogP contribution in [0.25, 0.3) is 0 Å². The van der Waals surface area contributed by atoms with Gasteiger partial charge in [-0.25, -0.2) is 14.8 Å². The summed E-state index contributed by atoms with van der Waals surface area (Å²) in [5.74, 6) is 0.236. The molecular formula is C30H38ClF3N6O2. The number of carbonyl (C=O) groups excluding carboxylic acids is 1. The van der Waals surface area contributed by atoms with Crippen LogP contribution in [0.4, 0.5) is 41.0 Å². The number of carbonyl (C=O) groups is 1. The second kappa shape index (κ2) is 11.0. The number of nitrogens with zero attached hydrogens (tertiary/aromatic N) is 5. The first-order valence-corrected chi connectivity index (χ1v) is 15.3. The summed E-state index contributed by atoms with van der Waals surface area (Å²) in [4.78, 5) is 27.7. The summed E-state index contributed by atoms with van der Waals surface area (Å²) in [6.07, 6.45) is -0.503. The molecule has 2 unspecified atom stereocenters. The molecule has 7 rings (SSSR count). The van der Waals surface area contributed by atoms with E-state index in [1.54, 1.807) is 11.0 Å². The lowest BCUT2D eigenvalue weighted by atomic mass is 9.79. The molecule has 1 aliphatic carbocycles. The van der Waals surface area contributed by atoms with E-state index in [-0.39, 0.29) is 30.9 Å². The van der Waals surface area contributed by atoms with Crippen LogP contribution < -0.4 is 20.0 Å². The molecule has 12 heteroatoms. The number of hydrogen-bond donors (Lipinski definition) is 1.